The normalized spacial score (nSPS) is 10.5. The molecule has 164 valence electrons. The van der Waals surface area contributed by atoms with Gasteiger partial charge in [0, 0.05) is 11.4 Å². The highest BCUT2D eigenvalue weighted by Crippen LogP contribution is 2.29. The summed E-state index contributed by atoms with van der Waals surface area (Å²) in [5.41, 5.74) is 0.928. The van der Waals surface area contributed by atoms with E-state index in [0.29, 0.717) is 13.2 Å². The number of anilines is 2. The number of ether oxygens (including phenoxy) is 3. The van der Waals surface area contributed by atoms with Crippen molar-refractivity contribution in [2.75, 3.05) is 24.3 Å². The van der Waals surface area contributed by atoms with E-state index in [-0.39, 0.29) is 0 Å². The molecule has 0 aliphatic heterocycles. The fourth-order valence-electron chi connectivity index (χ4n) is 2.76. The summed E-state index contributed by atoms with van der Waals surface area (Å²) in [4.78, 5) is 0. The maximum absolute atomic E-state index is 5.82. The van der Waals surface area contributed by atoms with Crippen molar-refractivity contribution in [2.24, 2.45) is 0 Å². The Kier molecular flexibility index (Phi) is 7.84. The maximum atomic E-state index is 5.82. The molecule has 1 heterocycles. The number of para-hydroxylation sites is 1. The second-order valence-corrected chi connectivity index (χ2v) is 8.86. The van der Waals surface area contributed by atoms with Gasteiger partial charge >= 0.3 is 0 Å². The Balaban J connectivity index is 1.20. The molecule has 0 aliphatic rings. The van der Waals surface area contributed by atoms with Gasteiger partial charge < -0.3 is 19.5 Å². The van der Waals surface area contributed by atoms with E-state index in [1.807, 2.05) is 85.8 Å². The van der Waals surface area contributed by atoms with E-state index in [0.717, 1.165) is 43.9 Å². The van der Waals surface area contributed by atoms with Crippen molar-refractivity contribution in [1.29, 1.82) is 0 Å². The second-order valence-electron chi connectivity index (χ2n) is 6.54. The first kappa shape index (κ1) is 22.0. The van der Waals surface area contributed by atoms with Crippen molar-refractivity contribution in [2.45, 2.75) is 11.3 Å². The minimum Gasteiger partial charge on any atom is -0.494 e. The van der Waals surface area contributed by atoms with Crippen LogP contribution in [0.2, 0.25) is 0 Å². The number of nitrogens with one attached hydrogen (secondary N) is 1. The number of rotatable bonds is 11. The molecule has 0 unspecified atom stereocenters. The fourth-order valence-corrected chi connectivity index (χ4v) is 4.42. The van der Waals surface area contributed by atoms with E-state index < -0.39 is 0 Å². The Morgan fingerprint density at radius 1 is 0.781 bits per heavy atom. The first-order valence-corrected chi connectivity index (χ1v) is 12.0. The van der Waals surface area contributed by atoms with Crippen molar-refractivity contribution >= 4 is 33.9 Å². The van der Waals surface area contributed by atoms with Gasteiger partial charge in [0.1, 0.15) is 23.0 Å². The molecule has 0 aliphatic carbocycles. The molecule has 0 amide bonds. The molecular formula is C24H23N3O3S2. The summed E-state index contributed by atoms with van der Waals surface area (Å²) in [6.07, 6.45) is 0. The molecule has 0 atom stereocenters. The second kappa shape index (κ2) is 11.4. The van der Waals surface area contributed by atoms with Crippen LogP contribution in [0.1, 0.15) is 6.92 Å². The fraction of sp³-hybridized carbons (Fsp3) is 0.167. The van der Waals surface area contributed by atoms with Crippen LogP contribution in [0.25, 0.3) is 0 Å². The molecule has 0 saturated heterocycles. The summed E-state index contributed by atoms with van der Waals surface area (Å²) < 4.78 is 17.9. The highest BCUT2D eigenvalue weighted by molar-refractivity contribution is 8.01. The topological polar surface area (TPSA) is 65.5 Å². The largest absolute Gasteiger partial charge is 0.494 e. The number of hydrogen-bond donors (Lipinski definition) is 1. The maximum Gasteiger partial charge on any atom is 0.210 e. The molecule has 8 heteroatoms. The molecular weight excluding hydrogens is 442 g/mol. The summed E-state index contributed by atoms with van der Waals surface area (Å²) in [6, 6.07) is 25.1. The molecule has 6 nitrogen and oxygen atoms in total. The molecule has 0 bridgehead atoms. The van der Waals surface area contributed by atoms with Crippen LogP contribution < -0.4 is 19.5 Å². The molecule has 4 aromatic rings. The van der Waals surface area contributed by atoms with Crippen LogP contribution in [0.5, 0.6) is 23.0 Å². The summed E-state index contributed by atoms with van der Waals surface area (Å²) in [5.74, 6) is 4.05. The first-order chi connectivity index (χ1) is 15.8. The SMILES string of the molecule is CCOc1ccc(OCCSc2nnc(Nc3ccc(Oc4ccccc4)cc3)s2)cc1. The van der Waals surface area contributed by atoms with Gasteiger partial charge in [-0.2, -0.15) is 0 Å². The van der Waals surface area contributed by atoms with Crippen LogP contribution >= 0.6 is 23.1 Å². The third kappa shape index (κ3) is 6.63. The number of benzene rings is 3. The van der Waals surface area contributed by atoms with Crippen LogP contribution in [0.15, 0.2) is 83.2 Å². The van der Waals surface area contributed by atoms with Crippen molar-refractivity contribution in [3.05, 3.63) is 78.9 Å². The van der Waals surface area contributed by atoms with Gasteiger partial charge in [0.05, 0.1) is 13.2 Å². The summed E-state index contributed by atoms with van der Waals surface area (Å²) in [7, 11) is 0. The Morgan fingerprint density at radius 2 is 1.44 bits per heavy atom. The van der Waals surface area contributed by atoms with Gasteiger partial charge in [-0.15, -0.1) is 10.2 Å². The van der Waals surface area contributed by atoms with Gasteiger partial charge in [0.15, 0.2) is 4.34 Å². The zero-order chi connectivity index (χ0) is 22.0. The minimum absolute atomic E-state index is 0.587. The third-order valence-corrected chi connectivity index (χ3v) is 6.14. The predicted octanol–water partition coefficient (Wildman–Crippen LogP) is 6.64. The van der Waals surface area contributed by atoms with E-state index in [2.05, 4.69) is 15.5 Å². The van der Waals surface area contributed by atoms with Crippen LogP contribution in [0, 0.1) is 0 Å². The van der Waals surface area contributed by atoms with Crippen molar-refractivity contribution in [1.82, 2.24) is 10.2 Å². The Labute approximate surface area is 195 Å². The van der Waals surface area contributed by atoms with Gasteiger partial charge in [-0.25, -0.2) is 0 Å². The van der Waals surface area contributed by atoms with Gasteiger partial charge in [0.2, 0.25) is 5.13 Å². The van der Waals surface area contributed by atoms with Gasteiger partial charge in [-0.3, -0.25) is 0 Å². The molecule has 1 N–H and O–H groups in total. The molecule has 32 heavy (non-hydrogen) atoms. The van der Waals surface area contributed by atoms with E-state index >= 15 is 0 Å². The van der Waals surface area contributed by atoms with Crippen LogP contribution in [-0.2, 0) is 0 Å². The Hall–Kier alpha value is -3.23. The third-order valence-electron chi connectivity index (χ3n) is 4.20. The number of hydrogen-bond acceptors (Lipinski definition) is 8. The summed E-state index contributed by atoms with van der Waals surface area (Å²) in [5, 5.41) is 12.5. The molecule has 1 aromatic heterocycles. The van der Waals surface area contributed by atoms with Crippen molar-refractivity contribution in [3.63, 3.8) is 0 Å². The number of nitrogens with zero attached hydrogens (tertiary/aromatic N) is 2. The van der Waals surface area contributed by atoms with E-state index in [1.54, 1.807) is 11.8 Å². The monoisotopic (exact) mass is 465 g/mol. The Morgan fingerprint density at radius 3 is 2.16 bits per heavy atom. The molecule has 0 fully saturated rings. The lowest BCUT2D eigenvalue weighted by Gasteiger charge is -2.07. The number of aromatic nitrogens is 2. The first-order valence-electron chi connectivity index (χ1n) is 10.2. The summed E-state index contributed by atoms with van der Waals surface area (Å²) >= 11 is 3.14. The molecule has 3 aromatic carbocycles. The lowest BCUT2D eigenvalue weighted by atomic mass is 10.3. The van der Waals surface area contributed by atoms with Gasteiger partial charge in [-0.05, 0) is 67.6 Å². The molecule has 0 saturated carbocycles. The summed E-state index contributed by atoms with van der Waals surface area (Å²) in [6.45, 7) is 3.21. The smallest absolute Gasteiger partial charge is 0.210 e. The quantitative estimate of drug-likeness (QED) is 0.197. The van der Waals surface area contributed by atoms with Crippen LogP contribution in [0.3, 0.4) is 0 Å². The average Bonchev–Trinajstić information content (AvgIpc) is 3.27. The zero-order valence-electron chi connectivity index (χ0n) is 17.6. The van der Waals surface area contributed by atoms with Gasteiger partial charge in [0.25, 0.3) is 0 Å². The average molecular weight is 466 g/mol. The lowest BCUT2D eigenvalue weighted by Crippen LogP contribution is -2.00. The van der Waals surface area contributed by atoms with E-state index in [4.69, 9.17) is 14.2 Å². The van der Waals surface area contributed by atoms with Crippen LogP contribution in [0.4, 0.5) is 10.8 Å². The van der Waals surface area contributed by atoms with Crippen LogP contribution in [-0.4, -0.2) is 29.2 Å². The highest BCUT2D eigenvalue weighted by Gasteiger charge is 2.06. The lowest BCUT2D eigenvalue weighted by molar-refractivity contribution is 0.332. The minimum atomic E-state index is 0.587. The van der Waals surface area contributed by atoms with Crippen molar-refractivity contribution in [3.8, 4) is 23.0 Å². The molecule has 0 radical (unpaired) electrons. The standard InChI is InChI=1S/C24H23N3O3S2/c1-2-28-19-12-14-20(15-13-19)29-16-17-31-24-27-26-23(32-24)25-18-8-10-22(11-9-18)30-21-6-4-3-5-7-21/h3-15H,2,16-17H2,1H3,(H,25,26). The highest BCUT2D eigenvalue weighted by atomic mass is 32.2. The van der Waals surface area contributed by atoms with Crippen molar-refractivity contribution < 1.29 is 14.2 Å². The predicted molar refractivity (Wildman–Crippen MR) is 130 cm³/mol. The van der Waals surface area contributed by atoms with E-state index in [9.17, 15) is 0 Å². The zero-order valence-corrected chi connectivity index (χ0v) is 19.2. The van der Waals surface area contributed by atoms with Gasteiger partial charge in [-0.1, -0.05) is 41.3 Å². The Bertz CT molecular complexity index is 1090. The number of thioether (sulfide) groups is 1. The molecule has 4 rings (SSSR count). The molecule has 0 spiro atoms. The van der Waals surface area contributed by atoms with E-state index in [1.165, 1.54) is 11.3 Å².